The maximum absolute atomic E-state index is 12.2. The second-order valence-corrected chi connectivity index (χ2v) is 6.67. The quantitative estimate of drug-likeness (QED) is 0.424. The van der Waals surface area contributed by atoms with Crippen molar-refractivity contribution in [2.75, 3.05) is 0 Å². The molecular formula is C18H13Cl2N3O4. The van der Waals surface area contributed by atoms with Crippen LogP contribution in [0.2, 0.25) is 0 Å². The van der Waals surface area contributed by atoms with Crippen LogP contribution >= 0.6 is 23.2 Å². The zero-order valence-electron chi connectivity index (χ0n) is 13.7. The lowest BCUT2D eigenvalue weighted by atomic mass is 9.80. The number of hydrogen-bond donors (Lipinski definition) is 2. The second-order valence-electron chi connectivity index (χ2n) is 5.80. The van der Waals surface area contributed by atoms with Crippen molar-refractivity contribution in [1.82, 2.24) is 0 Å². The van der Waals surface area contributed by atoms with Gasteiger partial charge in [0.1, 0.15) is 11.5 Å². The van der Waals surface area contributed by atoms with Crippen molar-refractivity contribution >= 4 is 28.9 Å². The lowest BCUT2D eigenvalue weighted by Crippen LogP contribution is -2.45. The lowest BCUT2D eigenvalue weighted by molar-refractivity contribution is -0.566. The molecule has 2 N–H and O–H groups in total. The van der Waals surface area contributed by atoms with Crippen LogP contribution < -0.4 is 0 Å². The predicted octanol–water partition coefficient (Wildman–Crippen LogP) is 4.98. The van der Waals surface area contributed by atoms with Gasteiger partial charge in [-0.25, -0.2) is 0 Å². The molecule has 0 fully saturated rings. The van der Waals surface area contributed by atoms with Gasteiger partial charge in [0, 0.05) is 22.1 Å². The molecule has 9 heteroatoms. The van der Waals surface area contributed by atoms with E-state index in [0.29, 0.717) is 5.69 Å². The molecule has 7 nitrogen and oxygen atoms in total. The number of hydrogen-bond acceptors (Lipinski definition) is 6. The number of allylic oxidation sites excluding steroid dienone is 2. The van der Waals surface area contributed by atoms with Gasteiger partial charge in [-0.05, 0) is 30.3 Å². The van der Waals surface area contributed by atoms with Crippen molar-refractivity contribution in [3.63, 3.8) is 0 Å². The smallest absolute Gasteiger partial charge is 0.299 e. The normalized spacial score (nSPS) is 22.4. The van der Waals surface area contributed by atoms with Crippen molar-refractivity contribution in [3.8, 4) is 11.5 Å². The number of rotatable bonds is 4. The Kier molecular flexibility index (Phi) is 5.16. The lowest BCUT2D eigenvalue weighted by Gasteiger charge is -2.30. The van der Waals surface area contributed by atoms with Gasteiger partial charge in [-0.2, -0.15) is 10.2 Å². The van der Waals surface area contributed by atoms with Crippen molar-refractivity contribution in [3.05, 3.63) is 86.4 Å². The molecule has 0 saturated heterocycles. The number of aromatic hydroxyl groups is 2. The van der Waals surface area contributed by atoms with E-state index in [2.05, 4.69) is 10.2 Å². The highest BCUT2D eigenvalue weighted by Crippen LogP contribution is 2.46. The molecule has 27 heavy (non-hydrogen) atoms. The third-order valence-corrected chi connectivity index (χ3v) is 4.61. The van der Waals surface area contributed by atoms with Gasteiger partial charge in [0.25, 0.3) is 5.54 Å². The average Bonchev–Trinajstić information content (AvgIpc) is 2.61. The molecule has 1 aliphatic carbocycles. The van der Waals surface area contributed by atoms with Gasteiger partial charge in [-0.3, -0.25) is 10.1 Å². The molecular weight excluding hydrogens is 393 g/mol. The first-order valence-corrected chi connectivity index (χ1v) is 8.48. The van der Waals surface area contributed by atoms with Crippen LogP contribution in [0.5, 0.6) is 11.5 Å². The van der Waals surface area contributed by atoms with Crippen molar-refractivity contribution in [1.29, 1.82) is 0 Å². The van der Waals surface area contributed by atoms with Crippen LogP contribution in [0.25, 0.3) is 0 Å². The molecule has 0 bridgehead atoms. The van der Waals surface area contributed by atoms with E-state index in [-0.39, 0.29) is 21.4 Å². The zero-order valence-corrected chi connectivity index (χ0v) is 15.2. The van der Waals surface area contributed by atoms with Crippen LogP contribution in [0.15, 0.2) is 81.0 Å². The van der Waals surface area contributed by atoms with Gasteiger partial charge in [-0.15, -0.1) is 0 Å². The minimum atomic E-state index is -2.10. The Morgan fingerprint density at radius 3 is 2.44 bits per heavy atom. The Hall–Kier alpha value is -2.90. The monoisotopic (exact) mass is 405 g/mol. The summed E-state index contributed by atoms with van der Waals surface area (Å²) in [6.07, 6.45) is 2.50. The van der Waals surface area contributed by atoms with Crippen LogP contribution in [0, 0.1) is 10.1 Å². The number of nitrogens with zero attached hydrogens (tertiary/aromatic N) is 3. The first-order valence-electron chi connectivity index (χ1n) is 7.73. The number of halogens is 2. The summed E-state index contributed by atoms with van der Waals surface area (Å²) in [7, 11) is 0. The number of azo groups is 1. The highest BCUT2D eigenvalue weighted by atomic mass is 35.5. The highest BCUT2D eigenvalue weighted by molar-refractivity contribution is 6.35. The van der Waals surface area contributed by atoms with Crippen LogP contribution in [0.1, 0.15) is 5.56 Å². The number of nitro groups is 1. The summed E-state index contributed by atoms with van der Waals surface area (Å²) in [6, 6.07) is 10.8. The van der Waals surface area contributed by atoms with E-state index in [4.69, 9.17) is 23.2 Å². The van der Waals surface area contributed by atoms with Gasteiger partial charge >= 0.3 is 0 Å². The first kappa shape index (κ1) is 18.9. The van der Waals surface area contributed by atoms with Crippen LogP contribution in [0.4, 0.5) is 5.69 Å². The predicted molar refractivity (Wildman–Crippen MR) is 101 cm³/mol. The number of benzene rings is 2. The molecule has 2 aromatic rings. The largest absolute Gasteiger partial charge is 0.508 e. The van der Waals surface area contributed by atoms with Crippen LogP contribution in [-0.4, -0.2) is 21.2 Å². The summed E-state index contributed by atoms with van der Waals surface area (Å²) in [5.74, 6) is -0.733. The van der Waals surface area contributed by atoms with E-state index in [1.807, 2.05) is 0 Å². The van der Waals surface area contributed by atoms with Crippen LogP contribution in [-0.2, 0) is 5.54 Å². The molecule has 0 amide bonds. The molecule has 0 spiro atoms. The number of phenols is 2. The standard InChI is InChI=1S/C18H13Cl2N3O4/c19-11-8-15(20)17(22-21-12-4-2-1-3-5-12)18(10-11,23(26)27)14-7-6-13(24)9-16(14)25/h1-10,17,24-25H. The van der Waals surface area contributed by atoms with Crippen molar-refractivity contribution < 1.29 is 15.1 Å². The Morgan fingerprint density at radius 1 is 1.11 bits per heavy atom. The second kappa shape index (κ2) is 7.38. The molecule has 138 valence electrons. The fourth-order valence-electron chi connectivity index (χ4n) is 2.85. The van der Waals surface area contributed by atoms with Crippen molar-refractivity contribution in [2.45, 2.75) is 11.6 Å². The molecule has 2 unspecified atom stereocenters. The summed E-state index contributed by atoms with van der Waals surface area (Å²) in [4.78, 5) is 11.5. The fourth-order valence-corrected chi connectivity index (χ4v) is 3.52. The van der Waals surface area contributed by atoms with E-state index < -0.39 is 22.3 Å². The summed E-state index contributed by atoms with van der Waals surface area (Å²) in [6.45, 7) is 0. The van der Waals surface area contributed by atoms with Gasteiger partial charge in [0.05, 0.1) is 16.3 Å². The molecule has 3 rings (SSSR count). The summed E-state index contributed by atoms with van der Waals surface area (Å²) < 4.78 is 0. The molecule has 0 radical (unpaired) electrons. The molecule has 2 aromatic carbocycles. The molecule has 0 heterocycles. The van der Waals surface area contributed by atoms with E-state index in [1.54, 1.807) is 30.3 Å². The Bertz CT molecular complexity index is 976. The van der Waals surface area contributed by atoms with Gasteiger partial charge in [0.2, 0.25) is 0 Å². The summed E-state index contributed by atoms with van der Waals surface area (Å²) >= 11 is 12.3. The Morgan fingerprint density at radius 2 is 1.81 bits per heavy atom. The Labute approximate surface area is 164 Å². The maximum atomic E-state index is 12.2. The average molecular weight is 406 g/mol. The maximum Gasteiger partial charge on any atom is 0.299 e. The van der Waals surface area contributed by atoms with Crippen molar-refractivity contribution in [2.24, 2.45) is 10.2 Å². The highest BCUT2D eigenvalue weighted by Gasteiger charge is 2.56. The third kappa shape index (κ3) is 3.51. The molecule has 0 aliphatic heterocycles. The summed E-state index contributed by atoms with van der Waals surface area (Å²) in [5.41, 5.74) is -1.74. The van der Waals surface area contributed by atoms with E-state index in [1.165, 1.54) is 18.2 Å². The van der Waals surface area contributed by atoms with Gasteiger partial charge in [-0.1, -0.05) is 41.4 Å². The molecule has 1 aliphatic rings. The van der Waals surface area contributed by atoms with Crippen LogP contribution in [0.3, 0.4) is 0 Å². The van der Waals surface area contributed by atoms with Gasteiger partial charge < -0.3 is 10.2 Å². The van der Waals surface area contributed by atoms with E-state index in [0.717, 1.165) is 12.1 Å². The molecule has 0 saturated carbocycles. The Balaban J connectivity index is 2.20. The topological polar surface area (TPSA) is 108 Å². The minimum Gasteiger partial charge on any atom is -0.508 e. The number of phenolic OH excluding ortho intramolecular Hbond substituents is 2. The summed E-state index contributed by atoms with van der Waals surface area (Å²) in [5, 5.41) is 40.1. The van der Waals surface area contributed by atoms with E-state index in [9.17, 15) is 20.3 Å². The molecule has 0 aromatic heterocycles. The van der Waals surface area contributed by atoms with Gasteiger partial charge in [0.15, 0.2) is 6.04 Å². The first-order chi connectivity index (χ1) is 12.8. The SMILES string of the molecule is O=[N+]([O-])C1(c2ccc(O)cc2O)C=C(Cl)C=C(Cl)C1N=Nc1ccccc1. The third-order valence-electron chi connectivity index (χ3n) is 4.07. The van der Waals surface area contributed by atoms with E-state index >= 15 is 0 Å². The molecule has 2 atom stereocenters. The fraction of sp³-hybridized carbons (Fsp3) is 0.111. The minimum absolute atomic E-state index is 0.00800. The zero-order chi connectivity index (χ0) is 19.6.